The zero-order chi connectivity index (χ0) is 35.6. The molecule has 3 N–H and O–H groups in total. The van der Waals surface area contributed by atoms with Gasteiger partial charge in [-0.1, -0.05) is 26.2 Å². The molecule has 0 aromatic carbocycles. The van der Waals surface area contributed by atoms with Crippen LogP contribution in [0.4, 0.5) is 0 Å². The topological polar surface area (TPSA) is 163 Å². The van der Waals surface area contributed by atoms with Gasteiger partial charge >= 0.3 is 0 Å². The first kappa shape index (κ1) is 47.5. The number of carbonyl (C=O) groups is 2. The molecule has 0 bridgehead atoms. The molecule has 0 heterocycles. The van der Waals surface area contributed by atoms with Gasteiger partial charge in [0.05, 0.1) is 132 Å². The normalized spacial score (nSPS) is 11.3. The van der Waals surface area contributed by atoms with Crippen molar-refractivity contribution in [2.75, 3.05) is 158 Å². The maximum Gasteiger partial charge on any atom is 0.220 e. The minimum atomic E-state index is -0.0627. The fraction of sp³-hybridized carbons (Fsp3) is 0.941. The van der Waals surface area contributed by atoms with Crippen molar-refractivity contribution in [2.45, 2.75) is 52.4 Å². The molecule has 0 fully saturated rings. The van der Waals surface area contributed by atoms with Crippen molar-refractivity contribution in [2.24, 2.45) is 0 Å². The third kappa shape index (κ3) is 44.5. The number of hydrogen-bond donors (Lipinski definition) is 3. The summed E-state index contributed by atoms with van der Waals surface area (Å²) in [5, 5.41) is 8.88. The largest absolute Gasteiger partial charge is 0.377 e. The first-order valence-electron chi connectivity index (χ1n) is 18.2. The number of carbonyl (C=O) groups excluding carboxylic acids is 2. The van der Waals surface area contributed by atoms with Crippen LogP contribution >= 0.6 is 0 Å². The molecule has 49 heavy (non-hydrogen) atoms. The number of ether oxygens (including phenoxy) is 10. The van der Waals surface area contributed by atoms with Gasteiger partial charge in [-0.05, 0) is 25.9 Å². The Bertz CT molecular complexity index is 682. The molecule has 2 amide bonds. The van der Waals surface area contributed by atoms with E-state index in [1.165, 1.54) is 26.2 Å². The molecule has 0 atom stereocenters. The van der Waals surface area contributed by atoms with E-state index >= 15 is 0 Å². The summed E-state index contributed by atoms with van der Waals surface area (Å²) >= 11 is 0. The van der Waals surface area contributed by atoms with E-state index in [4.69, 9.17) is 47.4 Å². The van der Waals surface area contributed by atoms with Crippen LogP contribution in [0, 0.1) is 0 Å². The molecular formula is C34H69N3O12. The van der Waals surface area contributed by atoms with Gasteiger partial charge in [0.2, 0.25) is 11.8 Å². The highest BCUT2D eigenvalue weighted by atomic mass is 16.6. The fourth-order valence-electron chi connectivity index (χ4n) is 3.97. The van der Waals surface area contributed by atoms with Gasteiger partial charge in [0, 0.05) is 26.4 Å². The van der Waals surface area contributed by atoms with Crippen molar-refractivity contribution < 1.29 is 57.0 Å². The summed E-state index contributed by atoms with van der Waals surface area (Å²) in [7, 11) is 0. The minimum Gasteiger partial charge on any atom is -0.377 e. The van der Waals surface area contributed by atoms with Gasteiger partial charge in [0.1, 0.15) is 0 Å². The molecule has 0 aromatic rings. The summed E-state index contributed by atoms with van der Waals surface area (Å²) in [4.78, 5) is 22.6. The highest BCUT2D eigenvalue weighted by Gasteiger charge is 2.01. The molecule has 0 saturated heterocycles. The van der Waals surface area contributed by atoms with Crippen molar-refractivity contribution >= 4 is 11.8 Å². The predicted molar refractivity (Wildman–Crippen MR) is 186 cm³/mol. The van der Waals surface area contributed by atoms with Gasteiger partial charge in [-0.2, -0.15) is 0 Å². The molecule has 0 unspecified atom stereocenters. The van der Waals surface area contributed by atoms with Crippen LogP contribution < -0.4 is 16.0 Å². The van der Waals surface area contributed by atoms with Crippen molar-refractivity contribution in [1.82, 2.24) is 16.0 Å². The Balaban J connectivity index is 3.11. The SMILES string of the molecule is CCNCCCCCCCC(=O)NCCOCCOCCOCCOCCOCCOCCOCCOCCOCCOCCNC(C)=O. The van der Waals surface area contributed by atoms with Crippen LogP contribution in [-0.4, -0.2) is 170 Å². The molecule has 0 saturated carbocycles. The van der Waals surface area contributed by atoms with E-state index in [2.05, 4.69) is 22.9 Å². The second kappa shape index (κ2) is 42.7. The van der Waals surface area contributed by atoms with E-state index in [0.29, 0.717) is 152 Å². The van der Waals surface area contributed by atoms with Gasteiger partial charge in [-0.3, -0.25) is 9.59 Å². The second-order valence-electron chi connectivity index (χ2n) is 10.8. The molecule has 15 nitrogen and oxygen atoms in total. The summed E-state index contributed by atoms with van der Waals surface area (Å²) in [6.45, 7) is 16.6. The van der Waals surface area contributed by atoms with Crippen LogP contribution in [0.1, 0.15) is 52.4 Å². The fourth-order valence-corrected chi connectivity index (χ4v) is 3.97. The second-order valence-corrected chi connectivity index (χ2v) is 10.8. The molecule has 292 valence electrons. The number of nitrogens with one attached hydrogen (secondary N) is 3. The first-order valence-corrected chi connectivity index (χ1v) is 18.2. The predicted octanol–water partition coefficient (Wildman–Crippen LogP) is 1.35. The summed E-state index contributed by atoms with van der Waals surface area (Å²) < 4.78 is 54.5. The molecule has 0 spiro atoms. The zero-order valence-electron chi connectivity index (χ0n) is 30.6. The van der Waals surface area contributed by atoms with E-state index < -0.39 is 0 Å². The van der Waals surface area contributed by atoms with Gasteiger partial charge in [-0.25, -0.2) is 0 Å². The summed E-state index contributed by atoms with van der Waals surface area (Å²) in [5.41, 5.74) is 0. The number of rotatable bonds is 42. The smallest absolute Gasteiger partial charge is 0.220 e. The Morgan fingerprint density at radius 1 is 0.388 bits per heavy atom. The maximum atomic E-state index is 11.8. The maximum absolute atomic E-state index is 11.8. The van der Waals surface area contributed by atoms with Crippen LogP contribution in [-0.2, 0) is 57.0 Å². The van der Waals surface area contributed by atoms with Crippen LogP contribution in [0.3, 0.4) is 0 Å². The zero-order valence-corrected chi connectivity index (χ0v) is 30.6. The number of unbranched alkanes of at least 4 members (excludes halogenated alkanes) is 4. The molecule has 0 aromatic heterocycles. The van der Waals surface area contributed by atoms with Crippen molar-refractivity contribution in [3.63, 3.8) is 0 Å². The highest BCUT2D eigenvalue weighted by molar-refractivity contribution is 5.75. The van der Waals surface area contributed by atoms with Crippen molar-refractivity contribution in [3.05, 3.63) is 0 Å². The Kier molecular flexibility index (Phi) is 41.4. The summed E-state index contributed by atoms with van der Waals surface area (Å²) in [6.07, 6.45) is 6.25. The van der Waals surface area contributed by atoms with E-state index in [1.54, 1.807) is 0 Å². The molecule has 0 aliphatic rings. The van der Waals surface area contributed by atoms with Crippen molar-refractivity contribution in [3.8, 4) is 0 Å². The van der Waals surface area contributed by atoms with E-state index in [9.17, 15) is 9.59 Å². The average Bonchev–Trinajstić information content (AvgIpc) is 3.09. The van der Waals surface area contributed by atoms with Gasteiger partial charge in [0.25, 0.3) is 0 Å². The monoisotopic (exact) mass is 711 g/mol. The van der Waals surface area contributed by atoms with Crippen LogP contribution in [0.15, 0.2) is 0 Å². The molecule has 0 rings (SSSR count). The van der Waals surface area contributed by atoms with Crippen LogP contribution in [0.2, 0.25) is 0 Å². The Morgan fingerprint density at radius 3 is 1.04 bits per heavy atom. The Morgan fingerprint density at radius 2 is 0.694 bits per heavy atom. The number of hydrogen-bond acceptors (Lipinski definition) is 13. The van der Waals surface area contributed by atoms with E-state index in [1.807, 2.05) is 0 Å². The standard InChI is InChI=1S/C34H69N3O12/c1-3-35-10-8-6-4-5-7-9-34(39)37-12-14-41-16-18-43-20-22-45-24-26-47-28-30-49-32-31-48-29-27-46-25-23-44-21-19-42-17-15-40-13-11-36-33(2)38/h35H,3-32H2,1-2H3,(H,36,38)(H,37,39). The van der Waals surface area contributed by atoms with Gasteiger partial charge in [0.15, 0.2) is 0 Å². The third-order valence-electron chi connectivity index (χ3n) is 6.54. The lowest BCUT2D eigenvalue weighted by atomic mass is 10.1. The summed E-state index contributed by atoms with van der Waals surface area (Å²) in [5.74, 6) is 0.0341. The minimum absolute atomic E-state index is 0.0627. The lowest BCUT2D eigenvalue weighted by Crippen LogP contribution is -2.27. The highest BCUT2D eigenvalue weighted by Crippen LogP contribution is 2.04. The molecular weight excluding hydrogens is 642 g/mol. The molecule has 15 heteroatoms. The lowest BCUT2D eigenvalue weighted by Gasteiger charge is -2.09. The molecule has 0 aliphatic carbocycles. The van der Waals surface area contributed by atoms with Gasteiger partial charge in [-0.15, -0.1) is 0 Å². The lowest BCUT2D eigenvalue weighted by molar-refractivity contribution is -0.121. The van der Waals surface area contributed by atoms with E-state index in [-0.39, 0.29) is 11.8 Å². The first-order chi connectivity index (χ1) is 24.2. The van der Waals surface area contributed by atoms with E-state index in [0.717, 1.165) is 25.9 Å². The quantitative estimate of drug-likeness (QED) is 0.0780. The van der Waals surface area contributed by atoms with Gasteiger partial charge < -0.3 is 63.3 Å². The Hall–Kier alpha value is -1.50. The third-order valence-corrected chi connectivity index (χ3v) is 6.54. The van der Waals surface area contributed by atoms with Crippen molar-refractivity contribution in [1.29, 1.82) is 0 Å². The molecule has 0 radical (unpaired) electrons. The summed E-state index contributed by atoms with van der Waals surface area (Å²) in [6, 6.07) is 0. The average molecular weight is 712 g/mol. The number of amides is 2. The van der Waals surface area contributed by atoms with Crippen LogP contribution in [0.5, 0.6) is 0 Å². The molecule has 0 aliphatic heterocycles. The van der Waals surface area contributed by atoms with Crippen LogP contribution in [0.25, 0.3) is 0 Å². The Labute approximate surface area is 295 Å².